The Morgan fingerprint density at radius 2 is 1.93 bits per heavy atom. The number of aryl methyl sites for hydroxylation is 1. The lowest BCUT2D eigenvalue weighted by Crippen LogP contribution is -2.44. The molecule has 160 valence electrons. The predicted octanol–water partition coefficient (Wildman–Crippen LogP) is 1.44. The molecule has 0 radical (unpaired) electrons. The third-order valence-corrected chi connectivity index (χ3v) is 7.12. The maximum atomic E-state index is 13.2. The first-order valence-electron chi connectivity index (χ1n) is 11.0. The molecule has 0 spiro atoms. The van der Waals surface area contributed by atoms with Crippen molar-refractivity contribution in [2.45, 2.75) is 26.2 Å². The summed E-state index contributed by atoms with van der Waals surface area (Å²) in [6, 6.07) is 4.03. The summed E-state index contributed by atoms with van der Waals surface area (Å²) >= 11 is 0. The van der Waals surface area contributed by atoms with Crippen LogP contribution in [0, 0.1) is 24.2 Å². The molecule has 0 aromatic carbocycles. The molecule has 5 rings (SSSR count). The van der Waals surface area contributed by atoms with Crippen LogP contribution in [0.4, 0.5) is 0 Å². The van der Waals surface area contributed by atoms with Gasteiger partial charge in [0.15, 0.2) is 0 Å². The first kappa shape index (κ1) is 19.5. The van der Waals surface area contributed by atoms with Crippen molar-refractivity contribution in [1.29, 1.82) is 0 Å². The van der Waals surface area contributed by atoms with E-state index in [0.29, 0.717) is 18.2 Å². The molecule has 1 aliphatic carbocycles. The zero-order valence-electron chi connectivity index (χ0n) is 18.2. The van der Waals surface area contributed by atoms with E-state index < -0.39 is 0 Å². The van der Waals surface area contributed by atoms with Gasteiger partial charge in [0.1, 0.15) is 5.65 Å². The number of aromatic nitrogens is 2. The Labute approximate surface area is 177 Å². The van der Waals surface area contributed by atoms with Crippen molar-refractivity contribution in [3.05, 3.63) is 35.8 Å². The summed E-state index contributed by atoms with van der Waals surface area (Å²) in [6.07, 6.45) is 6.25. The molecule has 4 heterocycles. The standard InChI is InChI=1S/C23H31N5O2/c1-16-5-4-8-28-19(10-24-21(16)28)9-20(29)26-11-18-12-27(22(30)17-6-7-17)15-23(18,14-26)13-25(2)3/h4-5,8,10,17-18H,6-7,9,11-15H2,1-3H3/t18-,23+/m0/s1. The number of nitrogens with zero attached hydrogens (tertiary/aromatic N) is 5. The summed E-state index contributed by atoms with van der Waals surface area (Å²) in [5.41, 5.74) is 2.94. The van der Waals surface area contributed by atoms with Gasteiger partial charge in [-0.3, -0.25) is 9.59 Å². The summed E-state index contributed by atoms with van der Waals surface area (Å²) in [5, 5.41) is 0. The van der Waals surface area contributed by atoms with Crippen LogP contribution in [0.3, 0.4) is 0 Å². The Hall–Kier alpha value is -2.41. The average Bonchev–Trinajstić information content (AvgIpc) is 3.25. The van der Waals surface area contributed by atoms with Crippen molar-refractivity contribution in [3.63, 3.8) is 0 Å². The predicted molar refractivity (Wildman–Crippen MR) is 114 cm³/mol. The van der Waals surface area contributed by atoms with Crippen molar-refractivity contribution in [2.24, 2.45) is 17.3 Å². The Balaban J connectivity index is 1.32. The van der Waals surface area contributed by atoms with Gasteiger partial charge in [-0.2, -0.15) is 0 Å². The second kappa shape index (κ2) is 7.08. The van der Waals surface area contributed by atoms with Gasteiger partial charge in [-0.05, 0) is 45.5 Å². The SMILES string of the molecule is Cc1cccn2c(CC(=O)N3C[C@H]4CN(C(=O)C5CC5)C[C@@]4(CN(C)C)C3)cnc12. The monoisotopic (exact) mass is 409 g/mol. The first-order valence-corrected chi connectivity index (χ1v) is 11.0. The Bertz CT molecular complexity index is 995. The van der Waals surface area contributed by atoms with Gasteiger partial charge in [0, 0.05) is 62.4 Å². The Kier molecular flexibility index (Phi) is 4.61. The molecule has 1 saturated carbocycles. The third kappa shape index (κ3) is 3.29. The van der Waals surface area contributed by atoms with Crippen LogP contribution < -0.4 is 0 Å². The van der Waals surface area contributed by atoms with Gasteiger partial charge in [-0.1, -0.05) is 6.07 Å². The van der Waals surface area contributed by atoms with Crippen molar-refractivity contribution in [3.8, 4) is 0 Å². The smallest absolute Gasteiger partial charge is 0.228 e. The maximum absolute atomic E-state index is 13.2. The molecule has 2 aliphatic heterocycles. The number of hydrogen-bond acceptors (Lipinski definition) is 4. The van der Waals surface area contributed by atoms with Crippen molar-refractivity contribution in [2.75, 3.05) is 46.8 Å². The van der Waals surface area contributed by atoms with Gasteiger partial charge in [0.05, 0.1) is 12.1 Å². The summed E-state index contributed by atoms with van der Waals surface area (Å²) < 4.78 is 2.02. The molecule has 30 heavy (non-hydrogen) atoms. The second-order valence-corrected chi connectivity index (χ2v) is 9.88. The van der Waals surface area contributed by atoms with E-state index in [0.717, 1.165) is 62.5 Å². The number of likely N-dealkylation sites (tertiary alicyclic amines) is 2. The van der Waals surface area contributed by atoms with Gasteiger partial charge in [0.2, 0.25) is 11.8 Å². The minimum atomic E-state index is -0.0141. The van der Waals surface area contributed by atoms with Crippen LogP contribution in [0.2, 0.25) is 0 Å². The fourth-order valence-electron chi connectivity index (χ4n) is 5.58. The summed E-state index contributed by atoms with van der Waals surface area (Å²) in [6.45, 7) is 6.00. The fourth-order valence-corrected chi connectivity index (χ4v) is 5.58. The molecule has 2 aromatic rings. The van der Waals surface area contributed by atoms with E-state index in [1.54, 1.807) is 0 Å². The number of imidazole rings is 1. The van der Waals surface area contributed by atoms with Crippen LogP contribution >= 0.6 is 0 Å². The minimum absolute atomic E-state index is 0.0141. The van der Waals surface area contributed by atoms with Crippen molar-refractivity contribution >= 4 is 17.5 Å². The van der Waals surface area contributed by atoms with Gasteiger partial charge in [0.25, 0.3) is 0 Å². The molecule has 2 saturated heterocycles. The zero-order chi connectivity index (χ0) is 21.0. The number of carbonyl (C=O) groups excluding carboxylic acids is 2. The van der Waals surface area contributed by atoms with Gasteiger partial charge in [-0.25, -0.2) is 4.98 Å². The lowest BCUT2D eigenvalue weighted by atomic mass is 9.80. The number of rotatable bonds is 5. The van der Waals surface area contributed by atoms with Crippen LogP contribution in [0.15, 0.2) is 24.5 Å². The quantitative estimate of drug-likeness (QED) is 0.750. The van der Waals surface area contributed by atoms with E-state index in [1.165, 1.54) is 0 Å². The molecule has 2 atom stereocenters. The number of carbonyl (C=O) groups is 2. The topological polar surface area (TPSA) is 61.2 Å². The highest BCUT2D eigenvalue weighted by Gasteiger charge is 2.55. The average molecular weight is 410 g/mol. The summed E-state index contributed by atoms with van der Waals surface area (Å²) in [4.78, 5) is 36.7. The van der Waals surface area contributed by atoms with E-state index in [4.69, 9.17) is 0 Å². The van der Waals surface area contributed by atoms with Crippen LogP contribution in [-0.2, 0) is 16.0 Å². The van der Waals surface area contributed by atoms with Crippen LogP contribution in [-0.4, -0.2) is 82.7 Å². The lowest BCUT2D eigenvalue weighted by molar-refractivity contribution is -0.132. The van der Waals surface area contributed by atoms with Crippen molar-refractivity contribution < 1.29 is 9.59 Å². The largest absolute Gasteiger partial charge is 0.341 e. The first-order chi connectivity index (χ1) is 14.4. The van der Waals surface area contributed by atoms with E-state index in [2.05, 4.69) is 28.9 Å². The highest BCUT2D eigenvalue weighted by molar-refractivity contribution is 5.82. The molecule has 0 N–H and O–H groups in total. The van der Waals surface area contributed by atoms with E-state index in [-0.39, 0.29) is 17.2 Å². The molecule has 7 heteroatoms. The molecule has 0 unspecified atom stereocenters. The van der Waals surface area contributed by atoms with Crippen molar-refractivity contribution in [1.82, 2.24) is 24.1 Å². The van der Waals surface area contributed by atoms with Gasteiger partial charge >= 0.3 is 0 Å². The summed E-state index contributed by atoms with van der Waals surface area (Å²) in [5.74, 6) is 1.11. The van der Waals surface area contributed by atoms with Crippen LogP contribution in [0.25, 0.3) is 5.65 Å². The molecule has 0 bridgehead atoms. The minimum Gasteiger partial charge on any atom is -0.341 e. The maximum Gasteiger partial charge on any atom is 0.228 e. The second-order valence-electron chi connectivity index (χ2n) is 9.88. The summed E-state index contributed by atoms with van der Waals surface area (Å²) in [7, 11) is 4.17. The zero-order valence-corrected chi connectivity index (χ0v) is 18.2. The molecule has 3 fully saturated rings. The van der Waals surface area contributed by atoms with Crippen LogP contribution in [0.1, 0.15) is 24.1 Å². The molecular weight excluding hydrogens is 378 g/mol. The van der Waals surface area contributed by atoms with E-state index in [1.807, 2.05) is 40.8 Å². The van der Waals surface area contributed by atoms with Gasteiger partial charge in [-0.15, -0.1) is 0 Å². The van der Waals surface area contributed by atoms with E-state index in [9.17, 15) is 9.59 Å². The fraction of sp³-hybridized carbons (Fsp3) is 0.609. The van der Waals surface area contributed by atoms with Gasteiger partial charge < -0.3 is 19.1 Å². The van der Waals surface area contributed by atoms with E-state index >= 15 is 0 Å². The molecule has 7 nitrogen and oxygen atoms in total. The third-order valence-electron chi connectivity index (χ3n) is 7.12. The molecule has 3 aliphatic rings. The molecule has 2 amide bonds. The Morgan fingerprint density at radius 1 is 1.20 bits per heavy atom. The number of amides is 2. The molecule has 2 aromatic heterocycles. The van der Waals surface area contributed by atoms with Crippen LogP contribution in [0.5, 0.6) is 0 Å². The Morgan fingerprint density at radius 3 is 2.67 bits per heavy atom. The molecular formula is C23H31N5O2. The number of pyridine rings is 1. The number of fused-ring (bicyclic) bond motifs is 2. The highest BCUT2D eigenvalue weighted by atomic mass is 16.2. The lowest BCUT2D eigenvalue weighted by Gasteiger charge is -2.32. The normalized spacial score (nSPS) is 26.1. The highest BCUT2D eigenvalue weighted by Crippen LogP contribution is 2.45. The number of hydrogen-bond donors (Lipinski definition) is 0.